The second-order valence-corrected chi connectivity index (χ2v) is 6.27. The predicted octanol–water partition coefficient (Wildman–Crippen LogP) is 4.73. The lowest BCUT2D eigenvalue weighted by atomic mass is 10.00. The molecule has 1 heterocycles. The number of amides is 1. The lowest BCUT2D eigenvalue weighted by Crippen LogP contribution is -2.34. The number of methoxy groups -OCH3 is 1. The van der Waals surface area contributed by atoms with Gasteiger partial charge < -0.3 is 9.64 Å². The Hall–Kier alpha value is -2.43. The molecule has 1 aliphatic heterocycles. The molecule has 1 amide bonds. The van der Waals surface area contributed by atoms with Crippen molar-refractivity contribution in [3.05, 3.63) is 65.2 Å². The first kappa shape index (κ1) is 17.4. The third kappa shape index (κ3) is 3.81. The van der Waals surface area contributed by atoms with Crippen LogP contribution < -0.4 is 4.74 Å². The zero-order valence-corrected chi connectivity index (χ0v) is 14.2. The highest BCUT2D eigenvalue weighted by Gasteiger charge is 2.28. The molecule has 0 aliphatic carbocycles. The molecule has 0 spiro atoms. The molecular weight excluding hydrogens is 324 g/mol. The number of benzene rings is 2. The highest BCUT2D eigenvalue weighted by Crippen LogP contribution is 2.32. The van der Waals surface area contributed by atoms with Crippen LogP contribution >= 0.6 is 0 Å². The highest BCUT2D eigenvalue weighted by atomic mass is 19.2. The highest BCUT2D eigenvalue weighted by molar-refractivity contribution is 5.94. The van der Waals surface area contributed by atoms with Gasteiger partial charge in [0.15, 0.2) is 11.6 Å². The topological polar surface area (TPSA) is 29.5 Å². The fraction of sp³-hybridized carbons (Fsp3) is 0.350. The van der Waals surface area contributed by atoms with E-state index in [0.29, 0.717) is 6.54 Å². The summed E-state index contributed by atoms with van der Waals surface area (Å²) in [7, 11) is 1.61. The van der Waals surface area contributed by atoms with Crippen molar-refractivity contribution in [2.45, 2.75) is 31.7 Å². The van der Waals surface area contributed by atoms with E-state index in [2.05, 4.69) is 0 Å². The van der Waals surface area contributed by atoms with Crippen LogP contribution in [0.15, 0.2) is 42.5 Å². The summed E-state index contributed by atoms with van der Waals surface area (Å²) in [6.07, 6.45) is 3.83. The Bertz CT molecular complexity index is 746. The van der Waals surface area contributed by atoms with Crippen molar-refractivity contribution in [1.82, 2.24) is 4.90 Å². The third-order valence-corrected chi connectivity index (χ3v) is 4.68. The zero-order chi connectivity index (χ0) is 17.8. The number of hydrogen-bond acceptors (Lipinski definition) is 2. The van der Waals surface area contributed by atoms with Gasteiger partial charge in [0.2, 0.25) is 0 Å². The quantitative estimate of drug-likeness (QED) is 0.805. The van der Waals surface area contributed by atoms with Gasteiger partial charge in [-0.2, -0.15) is 0 Å². The van der Waals surface area contributed by atoms with E-state index in [4.69, 9.17) is 4.74 Å². The summed E-state index contributed by atoms with van der Waals surface area (Å²) in [5.74, 6) is -1.45. The van der Waals surface area contributed by atoms with Crippen molar-refractivity contribution >= 4 is 5.91 Å². The summed E-state index contributed by atoms with van der Waals surface area (Å²) >= 11 is 0. The Morgan fingerprint density at radius 1 is 1.04 bits per heavy atom. The van der Waals surface area contributed by atoms with Crippen LogP contribution in [-0.2, 0) is 0 Å². The fourth-order valence-corrected chi connectivity index (χ4v) is 3.32. The number of halogens is 2. The molecule has 1 aliphatic rings. The summed E-state index contributed by atoms with van der Waals surface area (Å²) in [5.41, 5.74) is 1.21. The minimum atomic E-state index is -0.998. The number of hydrogen-bond donors (Lipinski definition) is 0. The fourth-order valence-electron chi connectivity index (χ4n) is 3.32. The molecule has 0 unspecified atom stereocenters. The summed E-state index contributed by atoms with van der Waals surface area (Å²) in [5, 5.41) is 0. The molecule has 0 radical (unpaired) electrons. The largest absolute Gasteiger partial charge is 0.497 e. The van der Waals surface area contributed by atoms with Crippen molar-refractivity contribution in [3.8, 4) is 5.75 Å². The molecule has 25 heavy (non-hydrogen) atoms. The van der Waals surface area contributed by atoms with Gasteiger partial charge in [0.1, 0.15) is 5.75 Å². The van der Waals surface area contributed by atoms with Crippen LogP contribution in [-0.4, -0.2) is 24.5 Å². The van der Waals surface area contributed by atoms with E-state index in [1.807, 2.05) is 24.3 Å². The van der Waals surface area contributed by atoms with E-state index in [0.717, 1.165) is 49.1 Å². The molecule has 132 valence electrons. The van der Waals surface area contributed by atoms with Gasteiger partial charge >= 0.3 is 0 Å². The smallest absolute Gasteiger partial charge is 0.254 e. The lowest BCUT2D eigenvalue weighted by Gasteiger charge is -2.30. The molecule has 0 saturated carbocycles. The van der Waals surface area contributed by atoms with Gasteiger partial charge in [0.25, 0.3) is 5.91 Å². The predicted molar refractivity (Wildman–Crippen MR) is 91.6 cm³/mol. The molecule has 0 N–H and O–H groups in total. The maximum absolute atomic E-state index is 13.5. The Morgan fingerprint density at radius 2 is 1.80 bits per heavy atom. The van der Waals surface area contributed by atoms with E-state index >= 15 is 0 Å². The minimum Gasteiger partial charge on any atom is -0.497 e. The van der Waals surface area contributed by atoms with E-state index in [1.54, 1.807) is 12.0 Å². The summed E-state index contributed by atoms with van der Waals surface area (Å²) < 4.78 is 31.9. The first-order valence-corrected chi connectivity index (χ1v) is 8.50. The maximum Gasteiger partial charge on any atom is 0.254 e. The Kier molecular flexibility index (Phi) is 5.31. The van der Waals surface area contributed by atoms with E-state index < -0.39 is 11.6 Å². The summed E-state index contributed by atoms with van der Waals surface area (Å²) in [6, 6.07) is 10.9. The monoisotopic (exact) mass is 345 g/mol. The van der Waals surface area contributed by atoms with Gasteiger partial charge in [-0.3, -0.25) is 4.79 Å². The lowest BCUT2D eigenvalue weighted by molar-refractivity contribution is 0.0680. The van der Waals surface area contributed by atoms with Crippen molar-refractivity contribution in [1.29, 1.82) is 0 Å². The second-order valence-electron chi connectivity index (χ2n) is 6.27. The molecule has 0 bridgehead atoms. The average Bonchev–Trinajstić information content (AvgIpc) is 2.89. The molecule has 0 aromatic heterocycles. The molecule has 3 nitrogen and oxygen atoms in total. The van der Waals surface area contributed by atoms with E-state index in [-0.39, 0.29) is 17.5 Å². The van der Waals surface area contributed by atoms with Crippen LogP contribution in [0.4, 0.5) is 8.78 Å². The average molecular weight is 345 g/mol. The second kappa shape index (κ2) is 7.64. The summed E-state index contributed by atoms with van der Waals surface area (Å²) in [4.78, 5) is 14.7. The maximum atomic E-state index is 13.5. The number of ether oxygens (including phenoxy) is 1. The van der Waals surface area contributed by atoms with Crippen molar-refractivity contribution < 1.29 is 18.3 Å². The number of nitrogens with zero attached hydrogens (tertiary/aromatic N) is 1. The molecule has 1 atom stereocenters. The number of rotatable bonds is 3. The normalized spacial score (nSPS) is 17.9. The van der Waals surface area contributed by atoms with Gasteiger partial charge in [-0.1, -0.05) is 25.0 Å². The van der Waals surface area contributed by atoms with Crippen molar-refractivity contribution in [2.24, 2.45) is 0 Å². The van der Waals surface area contributed by atoms with Crippen LogP contribution in [0, 0.1) is 11.6 Å². The molecular formula is C20H21F2NO2. The zero-order valence-electron chi connectivity index (χ0n) is 14.2. The molecule has 1 saturated heterocycles. The first-order chi connectivity index (χ1) is 12.1. The third-order valence-electron chi connectivity index (χ3n) is 4.68. The Balaban J connectivity index is 1.91. The van der Waals surface area contributed by atoms with Gasteiger partial charge in [-0.25, -0.2) is 8.78 Å². The Morgan fingerprint density at radius 3 is 2.48 bits per heavy atom. The van der Waals surface area contributed by atoms with Gasteiger partial charge in [-0.05, 0) is 48.7 Å². The molecule has 3 rings (SSSR count). The number of carbonyl (C=O) groups is 1. The van der Waals surface area contributed by atoms with Crippen LogP contribution in [0.3, 0.4) is 0 Å². The van der Waals surface area contributed by atoms with E-state index in [1.165, 1.54) is 6.07 Å². The van der Waals surface area contributed by atoms with Crippen LogP contribution in [0.5, 0.6) is 5.75 Å². The van der Waals surface area contributed by atoms with Crippen molar-refractivity contribution in [3.63, 3.8) is 0 Å². The SMILES string of the molecule is COc1ccc([C@H]2CCCCCN2C(=O)c2ccc(F)c(F)c2)cc1. The number of likely N-dealkylation sites (tertiary alicyclic amines) is 1. The van der Waals surface area contributed by atoms with Gasteiger partial charge in [0.05, 0.1) is 13.2 Å². The molecule has 2 aromatic rings. The van der Waals surface area contributed by atoms with Crippen LogP contribution in [0.25, 0.3) is 0 Å². The Labute approximate surface area is 146 Å². The van der Waals surface area contributed by atoms with Crippen molar-refractivity contribution in [2.75, 3.05) is 13.7 Å². The number of carbonyl (C=O) groups excluding carboxylic acids is 1. The molecule has 1 fully saturated rings. The van der Waals surface area contributed by atoms with Gasteiger partial charge in [0, 0.05) is 12.1 Å². The van der Waals surface area contributed by atoms with Crippen LogP contribution in [0.1, 0.15) is 47.6 Å². The standard InChI is InChI=1S/C20H21F2NO2/c1-25-16-9-6-14(7-10-16)19-5-3-2-4-12-23(19)20(24)15-8-11-17(21)18(22)13-15/h6-11,13,19H,2-5,12H2,1H3/t19-/m1/s1. The van der Waals surface area contributed by atoms with E-state index in [9.17, 15) is 13.6 Å². The molecule has 5 heteroatoms. The summed E-state index contributed by atoms with van der Waals surface area (Å²) in [6.45, 7) is 0.606. The van der Waals surface area contributed by atoms with Gasteiger partial charge in [-0.15, -0.1) is 0 Å². The first-order valence-electron chi connectivity index (χ1n) is 8.50. The van der Waals surface area contributed by atoms with Crippen LogP contribution in [0.2, 0.25) is 0 Å². The molecule has 2 aromatic carbocycles. The minimum absolute atomic E-state index is 0.0750.